The summed E-state index contributed by atoms with van der Waals surface area (Å²) in [7, 11) is 0. The molecule has 0 atom stereocenters. The first kappa shape index (κ1) is 15.2. The van der Waals surface area contributed by atoms with E-state index in [2.05, 4.69) is 21.2 Å². The maximum atomic E-state index is 13.7. The highest BCUT2D eigenvalue weighted by molar-refractivity contribution is 9.10. The molecule has 2 aromatic carbocycles. The summed E-state index contributed by atoms with van der Waals surface area (Å²) in [6.07, 6.45) is 0. The fraction of sp³-hybridized carbons (Fsp3) is 0. The Morgan fingerprint density at radius 3 is 2.50 bits per heavy atom. The van der Waals surface area contributed by atoms with Gasteiger partial charge in [-0.3, -0.25) is 0 Å². The highest BCUT2D eigenvalue weighted by atomic mass is 79.9. The summed E-state index contributed by atoms with van der Waals surface area (Å²) in [5.41, 5.74) is 6.77. The number of benzene rings is 2. The Morgan fingerprint density at radius 1 is 1.25 bits per heavy atom. The van der Waals surface area contributed by atoms with E-state index < -0.39 is 11.6 Å². The molecule has 0 fully saturated rings. The van der Waals surface area contributed by atoms with Crippen LogP contribution in [-0.4, -0.2) is 4.99 Å². The Kier molecular flexibility index (Phi) is 4.57. The van der Waals surface area contributed by atoms with Crippen LogP contribution in [0.25, 0.3) is 0 Å². The third kappa shape index (κ3) is 3.26. The summed E-state index contributed by atoms with van der Waals surface area (Å²) in [5, 5.41) is 2.74. The molecule has 0 aliphatic carbocycles. The van der Waals surface area contributed by atoms with E-state index in [1.54, 1.807) is 18.2 Å². The number of thiocarbonyl (C=S) groups is 1. The number of nitrogens with one attached hydrogen (secondary N) is 1. The van der Waals surface area contributed by atoms with E-state index in [1.165, 1.54) is 0 Å². The normalized spacial score (nSPS) is 10.4. The molecule has 0 aromatic heterocycles. The predicted molar refractivity (Wildman–Crippen MR) is 84.7 cm³/mol. The van der Waals surface area contributed by atoms with Crippen LogP contribution in [0.4, 0.5) is 20.2 Å². The number of rotatable bonds is 3. The summed E-state index contributed by atoms with van der Waals surface area (Å²) in [4.78, 5) is 0.245. The average Bonchev–Trinajstić information content (AvgIpc) is 2.33. The maximum absolute atomic E-state index is 13.7. The molecule has 0 spiro atoms. The van der Waals surface area contributed by atoms with Gasteiger partial charge >= 0.3 is 0 Å². The fourth-order valence-electron chi connectivity index (χ4n) is 1.60. The van der Waals surface area contributed by atoms with Gasteiger partial charge in [-0.25, -0.2) is 8.78 Å². The van der Waals surface area contributed by atoms with Crippen LogP contribution in [0.15, 0.2) is 34.8 Å². The van der Waals surface area contributed by atoms with E-state index in [4.69, 9.17) is 29.6 Å². The molecule has 0 saturated heterocycles. The van der Waals surface area contributed by atoms with Crippen molar-refractivity contribution < 1.29 is 8.78 Å². The Morgan fingerprint density at radius 2 is 1.95 bits per heavy atom. The summed E-state index contributed by atoms with van der Waals surface area (Å²) in [5.74, 6) is -1.51. The first-order chi connectivity index (χ1) is 9.38. The van der Waals surface area contributed by atoms with E-state index in [1.807, 2.05) is 0 Å². The van der Waals surface area contributed by atoms with E-state index in [0.717, 1.165) is 12.1 Å². The Balaban J connectivity index is 2.36. The molecule has 0 aliphatic heterocycles. The van der Waals surface area contributed by atoms with Gasteiger partial charge in [0.15, 0.2) is 5.82 Å². The van der Waals surface area contributed by atoms with Crippen LogP contribution < -0.4 is 11.1 Å². The van der Waals surface area contributed by atoms with Crippen molar-refractivity contribution in [1.29, 1.82) is 0 Å². The molecule has 3 N–H and O–H groups in total. The predicted octanol–water partition coefficient (Wildman–Crippen LogP) is 4.76. The minimum atomic E-state index is -0.774. The summed E-state index contributed by atoms with van der Waals surface area (Å²) >= 11 is 14.0. The van der Waals surface area contributed by atoms with Crippen molar-refractivity contribution in [3.8, 4) is 0 Å². The van der Waals surface area contributed by atoms with Crippen LogP contribution in [0.5, 0.6) is 0 Å². The second kappa shape index (κ2) is 6.03. The van der Waals surface area contributed by atoms with E-state index in [9.17, 15) is 8.78 Å². The van der Waals surface area contributed by atoms with Crippen molar-refractivity contribution in [2.45, 2.75) is 0 Å². The van der Waals surface area contributed by atoms with Crippen LogP contribution in [0.1, 0.15) is 5.56 Å². The lowest BCUT2D eigenvalue weighted by Crippen LogP contribution is -2.10. The molecule has 2 aromatic rings. The average molecular weight is 378 g/mol. The third-order valence-corrected chi connectivity index (χ3v) is 3.68. The molecule has 0 radical (unpaired) electrons. The van der Waals surface area contributed by atoms with Gasteiger partial charge in [0.2, 0.25) is 0 Å². The summed E-state index contributed by atoms with van der Waals surface area (Å²) < 4.78 is 27.3. The van der Waals surface area contributed by atoms with Crippen LogP contribution in [-0.2, 0) is 0 Å². The SMILES string of the molecule is NC(=S)c1ccc(Nc2c(F)cc(F)cc2Cl)cc1Br. The second-order valence-corrected chi connectivity index (χ2v) is 5.63. The third-order valence-electron chi connectivity index (χ3n) is 2.51. The van der Waals surface area contributed by atoms with Gasteiger partial charge in [0.05, 0.1) is 10.7 Å². The highest BCUT2D eigenvalue weighted by Crippen LogP contribution is 2.31. The lowest BCUT2D eigenvalue weighted by atomic mass is 10.2. The Bertz CT molecular complexity index is 671. The standard InChI is InChI=1S/C13H8BrClF2N2S/c14-9-5-7(1-2-8(9)13(18)20)19-12-10(15)3-6(16)4-11(12)17/h1-5,19H,(H2,18,20). The topological polar surface area (TPSA) is 38.0 Å². The minimum absolute atomic E-state index is 0.00282. The van der Waals surface area contributed by atoms with Crippen LogP contribution >= 0.6 is 39.7 Å². The zero-order chi connectivity index (χ0) is 14.9. The quantitative estimate of drug-likeness (QED) is 0.758. The number of anilines is 2. The van der Waals surface area contributed by atoms with Gasteiger partial charge in [-0.1, -0.05) is 23.8 Å². The van der Waals surface area contributed by atoms with Crippen LogP contribution in [0, 0.1) is 11.6 Å². The molecule has 7 heteroatoms. The monoisotopic (exact) mass is 376 g/mol. The van der Waals surface area contributed by atoms with Gasteiger partial charge in [0.25, 0.3) is 0 Å². The molecule has 20 heavy (non-hydrogen) atoms. The second-order valence-electron chi connectivity index (χ2n) is 3.93. The molecule has 0 heterocycles. The minimum Gasteiger partial charge on any atom is -0.389 e. The van der Waals surface area contributed by atoms with Gasteiger partial charge in [-0.15, -0.1) is 0 Å². The first-order valence-corrected chi connectivity index (χ1v) is 6.97. The fourth-order valence-corrected chi connectivity index (χ4v) is 2.74. The van der Waals surface area contributed by atoms with E-state index in [-0.39, 0.29) is 15.7 Å². The van der Waals surface area contributed by atoms with Crippen molar-refractivity contribution in [2.24, 2.45) is 5.73 Å². The number of hydrogen-bond acceptors (Lipinski definition) is 2. The molecular formula is C13H8BrClF2N2S. The van der Waals surface area contributed by atoms with Crippen molar-refractivity contribution in [2.75, 3.05) is 5.32 Å². The van der Waals surface area contributed by atoms with Crippen molar-refractivity contribution in [3.05, 3.63) is 57.0 Å². The number of halogens is 4. The van der Waals surface area contributed by atoms with Crippen LogP contribution in [0.2, 0.25) is 5.02 Å². The van der Waals surface area contributed by atoms with Crippen molar-refractivity contribution in [3.63, 3.8) is 0 Å². The Hall–Kier alpha value is -1.24. The van der Waals surface area contributed by atoms with E-state index >= 15 is 0 Å². The lowest BCUT2D eigenvalue weighted by Gasteiger charge is -2.11. The van der Waals surface area contributed by atoms with Gasteiger partial charge in [-0.05, 0) is 40.2 Å². The smallest absolute Gasteiger partial charge is 0.151 e. The molecule has 0 bridgehead atoms. The summed E-state index contributed by atoms with van der Waals surface area (Å²) in [6.45, 7) is 0. The molecule has 0 unspecified atom stereocenters. The zero-order valence-electron chi connectivity index (χ0n) is 9.88. The van der Waals surface area contributed by atoms with Gasteiger partial charge in [-0.2, -0.15) is 0 Å². The molecule has 2 rings (SSSR count). The van der Waals surface area contributed by atoms with Crippen molar-refractivity contribution in [1.82, 2.24) is 0 Å². The molecule has 0 aliphatic rings. The van der Waals surface area contributed by atoms with Gasteiger partial charge in [0, 0.05) is 21.8 Å². The number of nitrogens with two attached hydrogens (primary N) is 1. The molecular weight excluding hydrogens is 370 g/mol. The lowest BCUT2D eigenvalue weighted by molar-refractivity contribution is 0.586. The molecule has 2 nitrogen and oxygen atoms in total. The zero-order valence-corrected chi connectivity index (χ0v) is 13.0. The molecule has 104 valence electrons. The van der Waals surface area contributed by atoms with Crippen molar-refractivity contribution >= 4 is 56.1 Å². The van der Waals surface area contributed by atoms with Gasteiger partial charge < -0.3 is 11.1 Å². The first-order valence-electron chi connectivity index (χ1n) is 5.39. The van der Waals surface area contributed by atoms with E-state index in [0.29, 0.717) is 15.7 Å². The maximum Gasteiger partial charge on any atom is 0.151 e. The largest absolute Gasteiger partial charge is 0.389 e. The Labute approximate surface area is 133 Å². The highest BCUT2D eigenvalue weighted by Gasteiger charge is 2.11. The summed E-state index contributed by atoms with van der Waals surface area (Å²) in [6, 6.07) is 6.81. The molecule has 0 amide bonds. The molecule has 0 saturated carbocycles. The number of hydrogen-bond donors (Lipinski definition) is 2. The van der Waals surface area contributed by atoms with Crippen LogP contribution in [0.3, 0.4) is 0 Å². The van der Waals surface area contributed by atoms with Gasteiger partial charge in [0.1, 0.15) is 10.8 Å².